The maximum Gasteiger partial charge on any atom is 0.165 e. The van der Waals surface area contributed by atoms with Crippen LogP contribution < -0.4 is 10.5 Å². The van der Waals surface area contributed by atoms with Crippen LogP contribution in [0.1, 0.15) is 24.4 Å². The molecule has 1 aliphatic rings. The minimum atomic E-state index is -0.354. The van der Waals surface area contributed by atoms with E-state index in [9.17, 15) is 4.39 Å². The van der Waals surface area contributed by atoms with E-state index in [2.05, 4.69) is 0 Å². The Morgan fingerprint density at radius 1 is 1.41 bits per heavy atom. The minimum absolute atomic E-state index is 0.126. The zero-order valence-corrected chi connectivity index (χ0v) is 9.99. The zero-order valence-electron chi connectivity index (χ0n) is 9.99. The van der Waals surface area contributed by atoms with Gasteiger partial charge in [-0.2, -0.15) is 0 Å². The average molecular weight is 239 g/mol. The molecular weight excluding hydrogens is 221 g/mol. The van der Waals surface area contributed by atoms with Crippen molar-refractivity contribution in [3.8, 4) is 5.75 Å². The fraction of sp³-hybridized carbons (Fsp3) is 0.538. The molecule has 0 saturated carbocycles. The largest absolute Gasteiger partial charge is 0.494 e. The molecule has 1 fully saturated rings. The molecule has 0 amide bonds. The van der Waals surface area contributed by atoms with Crippen molar-refractivity contribution in [1.82, 2.24) is 0 Å². The quantitative estimate of drug-likeness (QED) is 0.880. The van der Waals surface area contributed by atoms with Crippen molar-refractivity contribution in [1.29, 1.82) is 0 Å². The number of hydrogen-bond donors (Lipinski definition) is 1. The van der Waals surface area contributed by atoms with Gasteiger partial charge in [0.1, 0.15) is 0 Å². The Hall–Kier alpha value is -1.13. The first-order valence-corrected chi connectivity index (χ1v) is 5.89. The van der Waals surface area contributed by atoms with E-state index in [1.54, 1.807) is 6.07 Å². The van der Waals surface area contributed by atoms with Crippen molar-refractivity contribution >= 4 is 0 Å². The van der Waals surface area contributed by atoms with Crippen molar-refractivity contribution < 1.29 is 13.9 Å². The zero-order chi connectivity index (χ0) is 12.3. The summed E-state index contributed by atoms with van der Waals surface area (Å²) >= 11 is 0. The van der Waals surface area contributed by atoms with Crippen molar-refractivity contribution in [2.45, 2.75) is 18.9 Å². The molecule has 0 aliphatic carbocycles. The number of halogens is 1. The Morgan fingerprint density at radius 3 is 2.71 bits per heavy atom. The van der Waals surface area contributed by atoms with Crippen LogP contribution >= 0.6 is 0 Å². The molecule has 0 spiro atoms. The number of nitrogens with two attached hydrogens (primary N) is 1. The molecule has 1 aromatic rings. The predicted octanol–water partition coefficient (Wildman–Crippen LogP) is 2.26. The molecule has 2 N–H and O–H groups in total. The van der Waals surface area contributed by atoms with Crippen LogP contribution in [0.3, 0.4) is 0 Å². The highest BCUT2D eigenvalue weighted by Gasteiger charge is 2.22. The summed E-state index contributed by atoms with van der Waals surface area (Å²) in [5.41, 5.74) is 7.00. The third-order valence-electron chi connectivity index (χ3n) is 3.33. The maximum atomic E-state index is 13.6. The van der Waals surface area contributed by atoms with Gasteiger partial charge in [0, 0.05) is 19.3 Å². The van der Waals surface area contributed by atoms with E-state index in [-0.39, 0.29) is 17.6 Å². The van der Waals surface area contributed by atoms with Gasteiger partial charge >= 0.3 is 0 Å². The maximum absolute atomic E-state index is 13.6. The Balaban J connectivity index is 2.12. The van der Waals surface area contributed by atoms with E-state index in [1.807, 2.05) is 6.07 Å². The standard InChI is InChI=1S/C13H18FNO2/c1-16-12-3-2-10(8-11(12)14)13(15)9-4-6-17-7-5-9/h2-3,8-9,13H,4-7,15H2,1H3. The summed E-state index contributed by atoms with van der Waals surface area (Å²) in [6.45, 7) is 1.49. The lowest BCUT2D eigenvalue weighted by Gasteiger charge is -2.28. The second kappa shape index (κ2) is 5.47. The monoisotopic (exact) mass is 239 g/mol. The molecule has 17 heavy (non-hydrogen) atoms. The van der Waals surface area contributed by atoms with Gasteiger partial charge in [0.25, 0.3) is 0 Å². The fourth-order valence-electron chi connectivity index (χ4n) is 2.24. The van der Waals surface area contributed by atoms with Crippen LogP contribution in [0.4, 0.5) is 4.39 Å². The number of methoxy groups -OCH3 is 1. The van der Waals surface area contributed by atoms with Gasteiger partial charge in [0.05, 0.1) is 7.11 Å². The lowest BCUT2D eigenvalue weighted by Crippen LogP contribution is -2.27. The summed E-state index contributed by atoms with van der Waals surface area (Å²) in [7, 11) is 1.45. The van der Waals surface area contributed by atoms with Crippen molar-refractivity contribution in [3.63, 3.8) is 0 Å². The van der Waals surface area contributed by atoms with Crippen LogP contribution in [0.15, 0.2) is 18.2 Å². The van der Waals surface area contributed by atoms with Crippen molar-refractivity contribution in [2.75, 3.05) is 20.3 Å². The van der Waals surface area contributed by atoms with Crippen molar-refractivity contribution in [2.24, 2.45) is 11.7 Å². The molecule has 1 aromatic carbocycles. The molecule has 1 saturated heterocycles. The first kappa shape index (κ1) is 12.3. The normalized spacial score (nSPS) is 19.0. The van der Waals surface area contributed by atoms with Gasteiger partial charge in [-0.3, -0.25) is 0 Å². The summed E-state index contributed by atoms with van der Waals surface area (Å²) in [6, 6.07) is 4.81. The number of benzene rings is 1. The Morgan fingerprint density at radius 2 is 2.12 bits per heavy atom. The first-order chi connectivity index (χ1) is 8.22. The fourth-order valence-corrected chi connectivity index (χ4v) is 2.24. The molecule has 0 radical (unpaired) electrons. The molecule has 1 aliphatic heterocycles. The Bertz CT molecular complexity index is 378. The summed E-state index contributed by atoms with van der Waals surface area (Å²) in [5.74, 6) is 0.275. The molecule has 94 valence electrons. The van der Waals surface area contributed by atoms with Gasteiger partial charge in [-0.15, -0.1) is 0 Å². The lowest BCUT2D eigenvalue weighted by atomic mass is 9.88. The van der Waals surface area contributed by atoms with E-state index in [4.69, 9.17) is 15.2 Å². The van der Waals surface area contributed by atoms with Crippen molar-refractivity contribution in [3.05, 3.63) is 29.6 Å². The summed E-state index contributed by atoms with van der Waals surface area (Å²) in [6.07, 6.45) is 1.88. The van der Waals surface area contributed by atoms with Crippen LogP contribution in [-0.4, -0.2) is 20.3 Å². The van der Waals surface area contributed by atoms with Gasteiger partial charge in [0.15, 0.2) is 11.6 Å². The van der Waals surface area contributed by atoms with Crippen LogP contribution in [0.25, 0.3) is 0 Å². The average Bonchev–Trinajstić information content (AvgIpc) is 2.39. The smallest absolute Gasteiger partial charge is 0.165 e. The SMILES string of the molecule is COc1ccc(C(N)C2CCOCC2)cc1F. The second-order valence-corrected chi connectivity index (χ2v) is 4.37. The predicted molar refractivity (Wildman–Crippen MR) is 63.4 cm³/mol. The molecule has 1 unspecified atom stereocenters. The van der Waals surface area contributed by atoms with Crippen LogP contribution in [-0.2, 0) is 4.74 Å². The van der Waals surface area contributed by atoms with Gasteiger partial charge < -0.3 is 15.2 Å². The summed E-state index contributed by atoms with van der Waals surface area (Å²) in [5, 5.41) is 0. The molecule has 2 rings (SSSR count). The first-order valence-electron chi connectivity index (χ1n) is 5.89. The third-order valence-corrected chi connectivity index (χ3v) is 3.33. The lowest BCUT2D eigenvalue weighted by molar-refractivity contribution is 0.0583. The third kappa shape index (κ3) is 2.76. The summed E-state index contributed by atoms with van der Waals surface area (Å²) < 4.78 is 23.8. The van der Waals surface area contributed by atoms with Gasteiger partial charge in [0.2, 0.25) is 0 Å². The van der Waals surface area contributed by atoms with Crippen LogP contribution in [0.2, 0.25) is 0 Å². The van der Waals surface area contributed by atoms with E-state index in [0.717, 1.165) is 31.6 Å². The molecule has 0 bridgehead atoms. The van der Waals surface area contributed by atoms with Crippen LogP contribution in [0.5, 0.6) is 5.75 Å². The van der Waals surface area contributed by atoms with Gasteiger partial charge in [-0.25, -0.2) is 4.39 Å². The highest BCUT2D eigenvalue weighted by molar-refractivity contribution is 5.31. The Labute approximate surface area is 101 Å². The minimum Gasteiger partial charge on any atom is -0.494 e. The number of rotatable bonds is 3. The van der Waals surface area contributed by atoms with E-state index >= 15 is 0 Å². The molecule has 4 heteroatoms. The van der Waals surface area contributed by atoms with Gasteiger partial charge in [-0.05, 0) is 36.5 Å². The molecule has 1 atom stereocenters. The topological polar surface area (TPSA) is 44.5 Å². The molecule has 3 nitrogen and oxygen atoms in total. The van der Waals surface area contributed by atoms with E-state index in [0.29, 0.717) is 5.92 Å². The van der Waals surface area contributed by atoms with E-state index in [1.165, 1.54) is 13.2 Å². The number of ether oxygens (including phenoxy) is 2. The Kier molecular flexibility index (Phi) is 3.97. The summed E-state index contributed by atoms with van der Waals surface area (Å²) in [4.78, 5) is 0. The molecular formula is C13H18FNO2. The highest BCUT2D eigenvalue weighted by atomic mass is 19.1. The molecule has 0 aromatic heterocycles. The van der Waals surface area contributed by atoms with Crippen LogP contribution in [0, 0.1) is 11.7 Å². The van der Waals surface area contributed by atoms with Gasteiger partial charge in [-0.1, -0.05) is 6.07 Å². The highest BCUT2D eigenvalue weighted by Crippen LogP contribution is 2.30. The second-order valence-electron chi connectivity index (χ2n) is 4.37. The molecule has 1 heterocycles. The van der Waals surface area contributed by atoms with E-state index < -0.39 is 0 Å². The number of hydrogen-bond acceptors (Lipinski definition) is 3.